The van der Waals surface area contributed by atoms with Crippen molar-refractivity contribution in [3.63, 3.8) is 0 Å². The minimum atomic E-state index is -0.0797. The topological polar surface area (TPSA) is 16.4 Å². The molecule has 1 heterocycles. The number of benzene rings is 6. The first-order chi connectivity index (χ1) is 19.5. The molecule has 0 fully saturated rings. The van der Waals surface area contributed by atoms with Crippen LogP contribution in [0.3, 0.4) is 0 Å². The van der Waals surface area contributed by atoms with Crippen LogP contribution < -0.4 is 4.90 Å². The molecule has 0 saturated carbocycles. The molecule has 0 N–H and O–H groups in total. The average molecular weight is 516 g/mol. The molecule has 0 amide bonds. The van der Waals surface area contributed by atoms with Crippen molar-refractivity contribution in [2.45, 2.75) is 26.2 Å². The summed E-state index contributed by atoms with van der Waals surface area (Å²) in [5.41, 5.74) is 11.7. The van der Waals surface area contributed by atoms with Crippen molar-refractivity contribution in [2.24, 2.45) is 0 Å². The molecule has 0 unspecified atom stereocenters. The van der Waals surface area contributed by atoms with Crippen molar-refractivity contribution in [1.29, 1.82) is 0 Å². The summed E-state index contributed by atoms with van der Waals surface area (Å²) in [7, 11) is 0. The van der Waals surface area contributed by atoms with Gasteiger partial charge in [0.25, 0.3) is 0 Å². The van der Waals surface area contributed by atoms with Gasteiger partial charge < -0.3 is 9.32 Å². The van der Waals surface area contributed by atoms with Crippen LogP contribution in [0.2, 0.25) is 0 Å². The van der Waals surface area contributed by atoms with Gasteiger partial charge in [-0.2, -0.15) is 0 Å². The van der Waals surface area contributed by atoms with Crippen LogP contribution >= 0.6 is 0 Å². The third kappa shape index (κ3) is 3.17. The lowest BCUT2D eigenvalue weighted by atomic mass is 9.82. The molecular formula is C38H29NO. The number of furan rings is 1. The predicted molar refractivity (Wildman–Crippen MR) is 168 cm³/mol. The highest BCUT2D eigenvalue weighted by Gasteiger charge is 2.36. The van der Waals surface area contributed by atoms with Crippen molar-refractivity contribution in [2.75, 3.05) is 4.90 Å². The van der Waals surface area contributed by atoms with Gasteiger partial charge in [-0.05, 0) is 75.8 Å². The van der Waals surface area contributed by atoms with Crippen LogP contribution in [0.1, 0.15) is 30.5 Å². The minimum Gasteiger partial charge on any atom is -0.454 e. The maximum atomic E-state index is 6.70. The number of anilines is 3. The van der Waals surface area contributed by atoms with Gasteiger partial charge in [0.15, 0.2) is 5.58 Å². The van der Waals surface area contributed by atoms with Crippen LogP contribution in [0.4, 0.5) is 17.1 Å². The van der Waals surface area contributed by atoms with E-state index in [9.17, 15) is 0 Å². The van der Waals surface area contributed by atoms with Crippen LogP contribution in [0.15, 0.2) is 126 Å². The summed E-state index contributed by atoms with van der Waals surface area (Å²) >= 11 is 0. The Kier molecular flexibility index (Phi) is 4.82. The predicted octanol–water partition coefficient (Wildman–Crippen LogP) is 10.8. The molecule has 0 saturated heterocycles. The first-order valence-corrected chi connectivity index (χ1v) is 14.0. The third-order valence-electron chi connectivity index (χ3n) is 8.79. The Balaban J connectivity index is 1.41. The number of para-hydroxylation sites is 2. The fraction of sp³-hybridized carbons (Fsp3) is 0.105. The molecule has 7 aromatic rings. The van der Waals surface area contributed by atoms with E-state index in [1.165, 1.54) is 44.0 Å². The lowest BCUT2D eigenvalue weighted by molar-refractivity contribution is 0.660. The number of hydrogen-bond acceptors (Lipinski definition) is 2. The van der Waals surface area contributed by atoms with Gasteiger partial charge in [-0.1, -0.05) is 105 Å². The minimum absolute atomic E-state index is 0.0797. The second-order valence-corrected chi connectivity index (χ2v) is 11.4. The number of nitrogens with zero attached hydrogens (tertiary/aromatic N) is 1. The highest BCUT2D eigenvalue weighted by molar-refractivity contribution is 6.21. The Morgan fingerprint density at radius 1 is 0.600 bits per heavy atom. The zero-order chi connectivity index (χ0) is 27.0. The molecule has 2 nitrogen and oxygen atoms in total. The van der Waals surface area contributed by atoms with Crippen molar-refractivity contribution >= 4 is 49.8 Å². The van der Waals surface area contributed by atoms with E-state index >= 15 is 0 Å². The molecule has 8 rings (SSSR count). The zero-order valence-corrected chi connectivity index (χ0v) is 22.9. The molecule has 0 aliphatic heterocycles. The summed E-state index contributed by atoms with van der Waals surface area (Å²) in [4.78, 5) is 2.38. The van der Waals surface area contributed by atoms with E-state index < -0.39 is 0 Å². The molecular weight excluding hydrogens is 486 g/mol. The van der Waals surface area contributed by atoms with Crippen molar-refractivity contribution < 1.29 is 4.42 Å². The van der Waals surface area contributed by atoms with Gasteiger partial charge in [-0.3, -0.25) is 0 Å². The van der Waals surface area contributed by atoms with E-state index in [1.54, 1.807) is 0 Å². The van der Waals surface area contributed by atoms with E-state index in [2.05, 4.69) is 147 Å². The zero-order valence-electron chi connectivity index (χ0n) is 22.9. The van der Waals surface area contributed by atoms with Crippen molar-refractivity contribution in [3.05, 3.63) is 138 Å². The maximum Gasteiger partial charge on any atom is 0.159 e. The number of hydrogen-bond donors (Lipinski definition) is 0. The van der Waals surface area contributed by atoms with Crippen LogP contribution in [-0.2, 0) is 5.41 Å². The monoisotopic (exact) mass is 515 g/mol. The van der Waals surface area contributed by atoms with Gasteiger partial charge in [0, 0.05) is 27.6 Å². The third-order valence-corrected chi connectivity index (χ3v) is 8.79. The van der Waals surface area contributed by atoms with E-state index in [4.69, 9.17) is 4.42 Å². The van der Waals surface area contributed by atoms with E-state index in [1.807, 2.05) is 0 Å². The van der Waals surface area contributed by atoms with Gasteiger partial charge in [0.2, 0.25) is 0 Å². The summed E-state index contributed by atoms with van der Waals surface area (Å²) in [6, 6.07) is 43.7. The highest BCUT2D eigenvalue weighted by Crippen LogP contribution is 2.51. The SMILES string of the molecule is Cc1ccccc1N(c1ccc2c(c1)C(C)(C)c1ccccc1-2)c1cccc2c1oc1ccc3ccccc3c12. The van der Waals surface area contributed by atoms with Crippen molar-refractivity contribution in [1.82, 2.24) is 0 Å². The molecule has 0 bridgehead atoms. The smallest absolute Gasteiger partial charge is 0.159 e. The molecule has 0 radical (unpaired) electrons. The first-order valence-electron chi connectivity index (χ1n) is 14.0. The lowest BCUT2D eigenvalue weighted by Crippen LogP contribution is -2.17. The number of aryl methyl sites for hydroxylation is 1. The van der Waals surface area contributed by atoms with Gasteiger partial charge in [0.1, 0.15) is 5.58 Å². The molecule has 1 aromatic heterocycles. The number of fused-ring (bicyclic) bond motifs is 8. The van der Waals surface area contributed by atoms with Crippen LogP contribution in [0.5, 0.6) is 0 Å². The molecule has 40 heavy (non-hydrogen) atoms. The van der Waals surface area contributed by atoms with E-state index in [0.717, 1.165) is 33.6 Å². The molecule has 1 aliphatic carbocycles. The molecule has 0 spiro atoms. The molecule has 1 aliphatic rings. The van der Waals surface area contributed by atoms with Crippen LogP contribution in [-0.4, -0.2) is 0 Å². The number of rotatable bonds is 3. The van der Waals surface area contributed by atoms with Gasteiger partial charge in [0.05, 0.1) is 5.69 Å². The van der Waals surface area contributed by atoms with Gasteiger partial charge >= 0.3 is 0 Å². The summed E-state index contributed by atoms with van der Waals surface area (Å²) in [6.07, 6.45) is 0. The second kappa shape index (κ2) is 8.34. The Labute approximate surface area is 234 Å². The summed E-state index contributed by atoms with van der Waals surface area (Å²) in [5, 5.41) is 4.75. The second-order valence-electron chi connectivity index (χ2n) is 11.4. The summed E-state index contributed by atoms with van der Waals surface area (Å²) in [6.45, 7) is 6.86. The molecule has 0 atom stereocenters. The fourth-order valence-corrected chi connectivity index (χ4v) is 6.78. The molecule has 192 valence electrons. The Bertz CT molecular complexity index is 2110. The van der Waals surface area contributed by atoms with Gasteiger partial charge in [-0.25, -0.2) is 0 Å². The van der Waals surface area contributed by atoms with Crippen molar-refractivity contribution in [3.8, 4) is 11.1 Å². The van der Waals surface area contributed by atoms with Gasteiger partial charge in [-0.15, -0.1) is 0 Å². The Morgan fingerprint density at radius 2 is 1.32 bits per heavy atom. The highest BCUT2D eigenvalue weighted by atomic mass is 16.3. The van der Waals surface area contributed by atoms with Crippen LogP contribution in [0.25, 0.3) is 43.8 Å². The maximum absolute atomic E-state index is 6.70. The quantitative estimate of drug-likeness (QED) is 0.233. The summed E-state index contributed by atoms with van der Waals surface area (Å²) < 4.78 is 6.70. The molecule has 2 heteroatoms. The lowest BCUT2D eigenvalue weighted by Gasteiger charge is -2.29. The average Bonchev–Trinajstić information content (AvgIpc) is 3.48. The fourth-order valence-electron chi connectivity index (χ4n) is 6.78. The Morgan fingerprint density at radius 3 is 2.23 bits per heavy atom. The van der Waals surface area contributed by atoms with Crippen LogP contribution in [0, 0.1) is 6.92 Å². The standard InChI is InChI=1S/C38H29NO/c1-24-11-4-9-17-33(24)39(26-20-21-29-28-14-7-8-16-31(28)38(2,3)32(29)23-26)34-18-10-15-30-36-27-13-6-5-12-25(27)19-22-35(36)40-37(30)34/h4-23H,1-3H3. The first kappa shape index (κ1) is 23.1. The summed E-state index contributed by atoms with van der Waals surface area (Å²) in [5.74, 6) is 0. The van der Waals surface area contributed by atoms with E-state index in [0.29, 0.717) is 0 Å². The Hall–Kier alpha value is -4.82. The normalized spacial score (nSPS) is 13.6. The largest absolute Gasteiger partial charge is 0.454 e. The van der Waals surface area contributed by atoms with E-state index in [-0.39, 0.29) is 5.41 Å². The molecule has 6 aromatic carbocycles.